The topological polar surface area (TPSA) is 114 Å². The van der Waals surface area contributed by atoms with Gasteiger partial charge in [0.2, 0.25) is 10.0 Å². The molecule has 0 aliphatic carbocycles. The fourth-order valence-electron chi connectivity index (χ4n) is 2.60. The molecule has 2 aromatic carbocycles. The van der Waals surface area contributed by atoms with E-state index in [1.807, 2.05) is 24.4 Å². The minimum atomic E-state index is -3.90. The lowest BCUT2D eigenvalue weighted by atomic mass is 10.0. The third kappa shape index (κ3) is 4.56. The van der Waals surface area contributed by atoms with Gasteiger partial charge in [-0.1, -0.05) is 0 Å². The van der Waals surface area contributed by atoms with Crippen LogP contribution in [0.15, 0.2) is 46.7 Å². The van der Waals surface area contributed by atoms with Crippen molar-refractivity contribution in [2.45, 2.75) is 25.7 Å². The van der Waals surface area contributed by atoms with Gasteiger partial charge in [0.1, 0.15) is 0 Å². The molecular formula is C19H20N4O3S2. The van der Waals surface area contributed by atoms with Crippen molar-refractivity contribution in [3.63, 3.8) is 0 Å². The molecule has 28 heavy (non-hydrogen) atoms. The van der Waals surface area contributed by atoms with E-state index in [-0.39, 0.29) is 10.5 Å². The smallest absolute Gasteiger partial charge is 0.255 e. The van der Waals surface area contributed by atoms with Crippen LogP contribution in [0.3, 0.4) is 0 Å². The van der Waals surface area contributed by atoms with Gasteiger partial charge in [0.05, 0.1) is 10.6 Å². The van der Waals surface area contributed by atoms with Crippen molar-refractivity contribution in [1.29, 1.82) is 0 Å². The summed E-state index contributed by atoms with van der Waals surface area (Å²) in [6, 6.07) is 9.92. The molecule has 0 aliphatic heterocycles. The third-order valence-corrected chi connectivity index (χ3v) is 6.00. The Kier molecular flexibility index (Phi) is 5.50. The van der Waals surface area contributed by atoms with E-state index in [1.54, 1.807) is 26.0 Å². The summed E-state index contributed by atoms with van der Waals surface area (Å²) in [6.45, 7) is 5.43. The van der Waals surface area contributed by atoms with E-state index in [4.69, 9.17) is 5.14 Å². The fraction of sp³-hybridized carbons (Fsp3) is 0.158. The molecule has 4 N–H and O–H groups in total. The van der Waals surface area contributed by atoms with Gasteiger partial charge < -0.3 is 10.6 Å². The molecule has 0 saturated carbocycles. The number of thiazole rings is 1. The zero-order chi connectivity index (χ0) is 20.5. The molecular weight excluding hydrogens is 396 g/mol. The molecule has 0 aliphatic rings. The summed E-state index contributed by atoms with van der Waals surface area (Å²) in [7, 11) is -3.90. The average Bonchev–Trinajstić information content (AvgIpc) is 3.02. The van der Waals surface area contributed by atoms with Crippen LogP contribution in [0.25, 0.3) is 0 Å². The highest BCUT2D eigenvalue weighted by Gasteiger charge is 2.17. The predicted octanol–water partition coefficient (Wildman–Crippen LogP) is 3.71. The Hall–Kier alpha value is -2.75. The number of hydrogen-bond donors (Lipinski definition) is 3. The Morgan fingerprint density at radius 2 is 1.71 bits per heavy atom. The summed E-state index contributed by atoms with van der Waals surface area (Å²) in [5.41, 5.74) is 4.02. The Balaban J connectivity index is 1.78. The molecule has 0 radical (unpaired) electrons. The average molecular weight is 417 g/mol. The van der Waals surface area contributed by atoms with Gasteiger partial charge >= 0.3 is 0 Å². The molecule has 3 aromatic rings. The molecule has 1 aromatic heterocycles. The van der Waals surface area contributed by atoms with Crippen molar-refractivity contribution in [3.8, 4) is 0 Å². The van der Waals surface area contributed by atoms with Gasteiger partial charge in [-0.3, -0.25) is 4.79 Å². The van der Waals surface area contributed by atoms with Crippen LogP contribution in [0.2, 0.25) is 0 Å². The molecule has 9 heteroatoms. The van der Waals surface area contributed by atoms with Crippen LogP contribution in [0.1, 0.15) is 27.2 Å². The van der Waals surface area contributed by atoms with Crippen molar-refractivity contribution < 1.29 is 13.2 Å². The van der Waals surface area contributed by atoms with Crippen molar-refractivity contribution in [1.82, 2.24) is 4.98 Å². The number of hydrogen-bond acceptors (Lipinski definition) is 6. The Labute approximate surface area is 167 Å². The number of nitrogens with zero attached hydrogens (tertiary/aromatic N) is 1. The molecule has 0 bridgehead atoms. The second kappa shape index (κ2) is 7.70. The molecule has 1 heterocycles. The summed E-state index contributed by atoms with van der Waals surface area (Å²) >= 11 is 1.51. The van der Waals surface area contributed by atoms with Crippen LogP contribution in [0, 0.1) is 20.8 Å². The maximum Gasteiger partial charge on any atom is 0.255 e. The van der Waals surface area contributed by atoms with Crippen LogP contribution in [0.5, 0.6) is 0 Å². The second-order valence-corrected chi connectivity index (χ2v) is 8.83. The first-order valence-corrected chi connectivity index (χ1v) is 10.8. The number of anilines is 3. The highest BCUT2D eigenvalue weighted by atomic mass is 32.2. The summed E-state index contributed by atoms with van der Waals surface area (Å²) in [5, 5.41) is 13.9. The van der Waals surface area contributed by atoms with Crippen LogP contribution in [-0.2, 0) is 10.0 Å². The molecule has 0 atom stereocenters. The highest BCUT2D eigenvalue weighted by Crippen LogP contribution is 2.23. The van der Waals surface area contributed by atoms with Crippen molar-refractivity contribution in [2.75, 3.05) is 10.6 Å². The van der Waals surface area contributed by atoms with E-state index in [0.29, 0.717) is 16.8 Å². The third-order valence-electron chi connectivity index (χ3n) is 4.23. The number of nitrogens with two attached hydrogens (primary N) is 1. The predicted molar refractivity (Wildman–Crippen MR) is 112 cm³/mol. The molecule has 0 fully saturated rings. The van der Waals surface area contributed by atoms with E-state index >= 15 is 0 Å². The van der Waals surface area contributed by atoms with Gasteiger partial charge in [-0.05, 0) is 68.3 Å². The van der Waals surface area contributed by atoms with Crippen molar-refractivity contribution in [2.24, 2.45) is 5.14 Å². The lowest BCUT2D eigenvalue weighted by Crippen LogP contribution is -2.17. The first-order valence-electron chi connectivity index (χ1n) is 8.38. The maximum atomic E-state index is 12.7. The standard InChI is InChI=1S/C19H20N4O3S2/c1-11-8-16(28(20,25)26)9-17(13(11)3)18(24)22-14-4-6-15(7-5-14)23-19-21-12(2)10-27-19/h4-10H,1-3H3,(H,21,23)(H,22,24)(H2,20,25,26). The Morgan fingerprint density at radius 3 is 2.29 bits per heavy atom. The monoisotopic (exact) mass is 416 g/mol. The number of rotatable bonds is 5. The van der Waals surface area contributed by atoms with Crippen LogP contribution < -0.4 is 15.8 Å². The fourth-order valence-corrected chi connectivity index (χ4v) is 3.93. The summed E-state index contributed by atoms with van der Waals surface area (Å²) in [4.78, 5) is 16.9. The number of amides is 1. The van der Waals surface area contributed by atoms with Gasteiger partial charge in [-0.25, -0.2) is 18.5 Å². The SMILES string of the molecule is Cc1csc(Nc2ccc(NC(=O)c3cc(S(N)(=O)=O)cc(C)c3C)cc2)n1. The molecule has 0 saturated heterocycles. The maximum absolute atomic E-state index is 12.7. The Morgan fingerprint density at radius 1 is 1.07 bits per heavy atom. The first-order chi connectivity index (χ1) is 13.1. The van der Waals surface area contributed by atoms with E-state index in [0.717, 1.165) is 16.5 Å². The summed E-state index contributed by atoms with van der Waals surface area (Å²) in [6.07, 6.45) is 0. The Bertz CT molecular complexity index is 1140. The normalized spacial score (nSPS) is 11.3. The van der Waals surface area contributed by atoms with Crippen LogP contribution in [0.4, 0.5) is 16.5 Å². The number of carbonyl (C=O) groups excluding carboxylic acids is 1. The van der Waals surface area contributed by atoms with E-state index in [1.165, 1.54) is 23.5 Å². The van der Waals surface area contributed by atoms with Gasteiger partial charge in [-0.15, -0.1) is 11.3 Å². The molecule has 3 rings (SSSR count). The lowest BCUT2D eigenvalue weighted by Gasteiger charge is -2.12. The number of benzene rings is 2. The van der Waals surface area contributed by atoms with E-state index < -0.39 is 15.9 Å². The second-order valence-electron chi connectivity index (χ2n) is 6.41. The largest absolute Gasteiger partial charge is 0.332 e. The number of aromatic nitrogens is 1. The number of aryl methyl sites for hydroxylation is 2. The molecule has 0 spiro atoms. The first kappa shape index (κ1) is 20.0. The van der Waals surface area contributed by atoms with Gasteiger partial charge in [0.15, 0.2) is 5.13 Å². The van der Waals surface area contributed by atoms with Crippen LogP contribution >= 0.6 is 11.3 Å². The van der Waals surface area contributed by atoms with E-state index in [2.05, 4.69) is 15.6 Å². The quantitative estimate of drug-likeness (QED) is 0.587. The van der Waals surface area contributed by atoms with Gasteiger partial charge in [0.25, 0.3) is 5.91 Å². The summed E-state index contributed by atoms with van der Waals surface area (Å²) in [5.74, 6) is -0.401. The lowest BCUT2D eigenvalue weighted by molar-refractivity contribution is 0.102. The zero-order valence-electron chi connectivity index (χ0n) is 15.6. The number of sulfonamides is 1. The summed E-state index contributed by atoms with van der Waals surface area (Å²) < 4.78 is 23.3. The molecule has 146 valence electrons. The number of primary sulfonamides is 1. The van der Waals surface area contributed by atoms with Crippen LogP contribution in [-0.4, -0.2) is 19.3 Å². The van der Waals surface area contributed by atoms with Gasteiger partial charge in [0, 0.05) is 22.3 Å². The van der Waals surface area contributed by atoms with Gasteiger partial charge in [-0.2, -0.15) is 0 Å². The molecule has 1 amide bonds. The van der Waals surface area contributed by atoms with E-state index in [9.17, 15) is 13.2 Å². The molecule has 0 unspecified atom stereocenters. The minimum absolute atomic E-state index is 0.0842. The highest BCUT2D eigenvalue weighted by molar-refractivity contribution is 7.89. The zero-order valence-corrected chi connectivity index (χ0v) is 17.2. The minimum Gasteiger partial charge on any atom is -0.332 e. The number of carbonyl (C=O) groups is 1. The molecule has 7 nitrogen and oxygen atoms in total. The van der Waals surface area contributed by atoms with Crippen molar-refractivity contribution in [3.05, 3.63) is 64.2 Å². The number of nitrogens with one attached hydrogen (secondary N) is 2. The van der Waals surface area contributed by atoms with Crippen molar-refractivity contribution >= 4 is 43.8 Å².